The van der Waals surface area contributed by atoms with E-state index in [2.05, 4.69) is 10.2 Å². The molecule has 0 spiro atoms. The van der Waals surface area contributed by atoms with E-state index in [4.69, 9.17) is 22.3 Å². The van der Waals surface area contributed by atoms with Crippen LogP contribution in [0.15, 0.2) is 10.2 Å². The molecule has 0 amide bonds. The van der Waals surface area contributed by atoms with Gasteiger partial charge in [-0.1, -0.05) is 13.8 Å². The van der Waals surface area contributed by atoms with Gasteiger partial charge in [-0.25, -0.2) is 0 Å². The first-order chi connectivity index (χ1) is 6.45. The molecule has 0 aromatic heterocycles. The number of rotatable bonds is 6. The molecule has 2 atom stereocenters. The quantitative estimate of drug-likeness (QED) is 0.335. The van der Waals surface area contributed by atoms with E-state index in [1.807, 2.05) is 13.8 Å². The number of hydrogen-bond acceptors (Lipinski definition) is 4. The molecule has 0 rings (SSSR count). The van der Waals surface area contributed by atoms with Crippen molar-refractivity contribution in [2.75, 3.05) is 13.1 Å². The summed E-state index contributed by atoms with van der Waals surface area (Å²) >= 11 is 0. The second-order valence-electron chi connectivity index (χ2n) is 3.36. The van der Waals surface area contributed by atoms with Crippen molar-refractivity contribution < 1.29 is 0 Å². The maximum Gasteiger partial charge on any atom is 0.0953 e. The molecule has 0 aliphatic heterocycles. The summed E-state index contributed by atoms with van der Waals surface area (Å²) in [5, 5.41) is 22.0. The van der Waals surface area contributed by atoms with Crippen molar-refractivity contribution in [3.05, 3.63) is 0 Å². The number of nitrogens with one attached hydrogen (secondary N) is 2. The van der Waals surface area contributed by atoms with Gasteiger partial charge in [-0.15, -0.1) is 49.6 Å². The molecule has 18 heavy (non-hydrogen) atoms. The van der Waals surface area contributed by atoms with Gasteiger partial charge in [0, 0.05) is 11.8 Å². The predicted molar refractivity (Wildman–Crippen MR) is 85.7 cm³/mol. The number of amidine groups is 2. The van der Waals surface area contributed by atoms with Crippen molar-refractivity contribution in [3.63, 3.8) is 0 Å². The van der Waals surface area contributed by atoms with Crippen LogP contribution in [0.4, 0.5) is 0 Å². The maximum atomic E-state index is 7.11. The van der Waals surface area contributed by atoms with Gasteiger partial charge in [-0.05, 0) is 0 Å². The van der Waals surface area contributed by atoms with Crippen LogP contribution < -0.4 is 11.5 Å². The van der Waals surface area contributed by atoms with Crippen LogP contribution >= 0.6 is 49.6 Å². The van der Waals surface area contributed by atoms with Crippen molar-refractivity contribution in [2.24, 2.45) is 33.5 Å². The number of hydrogen-bond donors (Lipinski definition) is 4. The average Bonchev–Trinajstić information content (AvgIpc) is 2.11. The molecule has 10 heteroatoms. The molecular weight excluding hydrogens is 322 g/mol. The highest BCUT2D eigenvalue weighted by Crippen LogP contribution is 1.97. The van der Waals surface area contributed by atoms with Crippen LogP contribution in [-0.2, 0) is 0 Å². The number of nitrogens with zero attached hydrogens (tertiary/aromatic N) is 2. The molecule has 0 saturated carbocycles. The summed E-state index contributed by atoms with van der Waals surface area (Å²) in [5.74, 6) is 0.0740. The highest BCUT2D eigenvalue weighted by atomic mass is 35.5. The highest BCUT2D eigenvalue weighted by molar-refractivity contribution is 5.86. The fraction of sp³-hybridized carbons (Fsp3) is 0.750. The van der Waals surface area contributed by atoms with Gasteiger partial charge in [0.2, 0.25) is 0 Å². The summed E-state index contributed by atoms with van der Waals surface area (Å²) in [5.41, 5.74) is 10.5. The number of azo groups is 1. The van der Waals surface area contributed by atoms with Crippen LogP contribution in [0.5, 0.6) is 0 Å². The van der Waals surface area contributed by atoms with Crippen molar-refractivity contribution >= 4 is 61.3 Å². The first-order valence-corrected chi connectivity index (χ1v) is 4.46. The average molecular weight is 344 g/mol. The molecule has 0 fully saturated rings. The summed E-state index contributed by atoms with van der Waals surface area (Å²) in [7, 11) is 0. The molecule has 0 saturated heterocycles. The zero-order valence-electron chi connectivity index (χ0n) is 10.3. The lowest BCUT2D eigenvalue weighted by Gasteiger charge is -2.05. The van der Waals surface area contributed by atoms with Crippen LogP contribution in [0.25, 0.3) is 0 Å². The van der Waals surface area contributed by atoms with Gasteiger partial charge in [0.05, 0.1) is 24.8 Å². The molecule has 0 heterocycles. The predicted octanol–water partition coefficient (Wildman–Crippen LogP) is 2.27. The van der Waals surface area contributed by atoms with E-state index in [9.17, 15) is 0 Å². The van der Waals surface area contributed by atoms with Gasteiger partial charge >= 0.3 is 0 Å². The largest absolute Gasteiger partial charge is 0.387 e. The number of halogens is 4. The molecule has 0 radical (unpaired) electrons. The first kappa shape index (κ1) is 30.6. The summed E-state index contributed by atoms with van der Waals surface area (Å²) in [6.07, 6.45) is 0. The Morgan fingerprint density at radius 3 is 1.22 bits per heavy atom. The molecule has 0 bridgehead atoms. The zero-order chi connectivity index (χ0) is 11.1. The van der Waals surface area contributed by atoms with Crippen molar-refractivity contribution in [2.45, 2.75) is 13.8 Å². The molecule has 112 valence electrons. The maximum absolute atomic E-state index is 7.11. The summed E-state index contributed by atoms with van der Waals surface area (Å²) < 4.78 is 0. The Balaban J connectivity index is -0.000000141. The van der Waals surface area contributed by atoms with E-state index >= 15 is 0 Å². The zero-order valence-corrected chi connectivity index (χ0v) is 13.5. The third-order valence-corrected chi connectivity index (χ3v) is 1.87. The minimum atomic E-state index is -0.0774. The third-order valence-electron chi connectivity index (χ3n) is 1.87. The topological polar surface area (TPSA) is 124 Å². The highest BCUT2D eigenvalue weighted by Gasteiger charge is 2.05. The lowest BCUT2D eigenvalue weighted by Crippen LogP contribution is -2.23. The third kappa shape index (κ3) is 15.7. The van der Waals surface area contributed by atoms with E-state index in [1.165, 1.54) is 0 Å². The molecule has 6 N–H and O–H groups in total. The van der Waals surface area contributed by atoms with Crippen molar-refractivity contribution in [1.82, 2.24) is 0 Å². The van der Waals surface area contributed by atoms with Gasteiger partial charge in [-0.2, -0.15) is 10.2 Å². The minimum Gasteiger partial charge on any atom is -0.387 e. The van der Waals surface area contributed by atoms with E-state index in [0.717, 1.165) is 0 Å². The van der Waals surface area contributed by atoms with E-state index in [0.29, 0.717) is 13.1 Å². The lowest BCUT2D eigenvalue weighted by atomic mass is 10.1. The monoisotopic (exact) mass is 342 g/mol. The van der Waals surface area contributed by atoms with E-state index < -0.39 is 0 Å². The van der Waals surface area contributed by atoms with Crippen molar-refractivity contribution in [3.8, 4) is 0 Å². The SMILES string of the molecule is CC(CN=NCC(C)C(=N)N)C(=N)N.Cl.Cl.Cl.Cl. The molecule has 0 aliphatic carbocycles. The second-order valence-corrected chi connectivity index (χ2v) is 3.36. The standard InChI is InChI=1S/C8H18N6.4ClH/c1-5(7(9)10)3-13-14-4-6(2)8(11)12;;;;/h5-6H,3-4H2,1-2H3,(H3,9,10)(H3,11,12);4*1H. The summed E-state index contributed by atoms with van der Waals surface area (Å²) in [6.45, 7) is 4.46. The normalized spacial score (nSPS) is 11.9. The van der Waals surface area contributed by atoms with E-state index in [-0.39, 0.29) is 73.1 Å². The fourth-order valence-electron chi connectivity index (χ4n) is 0.557. The number of nitrogens with two attached hydrogens (primary N) is 2. The van der Waals surface area contributed by atoms with Gasteiger partial charge in [0.1, 0.15) is 0 Å². The Hall–Kier alpha value is -0.300. The molecule has 0 aliphatic rings. The molecular formula is C8H22Cl4N6. The Kier molecular flexibility index (Phi) is 28.4. The van der Waals surface area contributed by atoms with Gasteiger partial charge in [0.15, 0.2) is 0 Å². The van der Waals surface area contributed by atoms with E-state index in [1.54, 1.807) is 0 Å². The van der Waals surface area contributed by atoms with Gasteiger partial charge in [0.25, 0.3) is 0 Å². The molecule has 2 unspecified atom stereocenters. The summed E-state index contributed by atoms with van der Waals surface area (Å²) in [6, 6.07) is 0. The Bertz CT molecular complexity index is 224. The molecule has 6 nitrogen and oxygen atoms in total. The Morgan fingerprint density at radius 1 is 0.833 bits per heavy atom. The summed E-state index contributed by atoms with van der Waals surface area (Å²) in [4.78, 5) is 0. The minimum absolute atomic E-state index is 0. The second kappa shape index (κ2) is 16.7. The fourth-order valence-corrected chi connectivity index (χ4v) is 0.557. The van der Waals surface area contributed by atoms with Gasteiger partial charge in [-0.3, -0.25) is 10.8 Å². The van der Waals surface area contributed by atoms with Crippen LogP contribution in [-0.4, -0.2) is 24.8 Å². The van der Waals surface area contributed by atoms with Gasteiger partial charge < -0.3 is 11.5 Å². The lowest BCUT2D eigenvalue weighted by molar-refractivity contribution is 0.680. The smallest absolute Gasteiger partial charge is 0.0953 e. The Morgan fingerprint density at radius 2 is 1.06 bits per heavy atom. The van der Waals surface area contributed by atoms with Crippen LogP contribution in [0, 0.1) is 22.7 Å². The van der Waals surface area contributed by atoms with Crippen LogP contribution in [0.1, 0.15) is 13.8 Å². The Labute approximate surface area is 132 Å². The molecule has 0 aromatic rings. The molecule has 0 aromatic carbocycles. The van der Waals surface area contributed by atoms with Crippen molar-refractivity contribution in [1.29, 1.82) is 10.8 Å². The van der Waals surface area contributed by atoms with Crippen LogP contribution in [0.2, 0.25) is 0 Å². The van der Waals surface area contributed by atoms with Crippen LogP contribution in [0.3, 0.4) is 0 Å². The first-order valence-electron chi connectivity index (χ1n) is 4.46.